The van der Waals surface area contributed by atoms with Crippen molar-refractivity contribution < 1.29 is 9.32 Å². The summed E-state index contributed by atoms with van der Waals surface area (Å²) in [5, 5.41) is 4.05. The number of nitrogens with zero attached hydrogens (tertiary/aromatic N) is 4. The molecule has 0 saturated carbocycles. The van der Waals surface area contributed by atoms with Gasteiger partial charge in [0.15, 0.2) is 0 Å². The number of fused-ring (bicyclic) bond motifs is 3. The molecule has 0 spiro atoms. The van der Waals surface area contributed by atoms with Crippen molar-refractivity contribution in [3.05, 3.63) is 17.5 Å². The van der Waals surface area contributed by atoms with E-state index in [0.29, 0.717) is 17.7 Å². The standard InChI is InChI=1S/C19H30N4O2/c1-14(2)11-16-12-18(25-20-16)19(24)23-9-7-22(8-10-23)17-13-21-5-3-15(17)4-6-21/h12,14-15,17H,3-11,13H2,1-2H3/t17-/m1/s1. The molecule has 2 bridgehead atoms. The lowest BCUT2D eigenvalue weighted by Gasteiger charge is -2.50. The third kappa shape index (κ3) is 3.60. The van der Waals surface area contributed by atoms with E-state index in [2.05, 4.69) is 28.8 Å². The van der Waals surface area contributed by atoms with Gasteiger partial charge in [0, 0.05) is 44.8 Å². The number of aromatic nitrogens is 1. The average Bonchev–Trinajstić information content (AvgIpc) is 3.10. The number of amides is 1. The molecule has 25 heavy (non-hydrogen) atoms. The van der Waals surface area contributed by atoms with Crippen LogP contribution in [0.4, 0.5) is 0 Å². The fourth-order valence-electron chi connectivity index (χ4n) is 4.69. The van der Waals surface area contributed by atoms with Crippen LogP contribution in [0.25, 0.3) is 0 Å². The van der Waals surface area contributed by atoms with Crippen molar-refractivity contribution in [1.29, 1.82) is 0 Å². The van der Waals surface area contributed by atoms with Crippen LogP contribution in [0.2, 0.25) is 0 Å². The third-order valence-corrected chi connectivity index (χ3v) is 6.08. The topological polar surface area (TPSA) is 52.8 Å². The maximum absolute atomic E-state index is 12.7. The smallest absolute Gasteiger partial charge is 0.292 e. The molecular weight excluding hydrogens is 316 g/mol. The van der Waals surface area contributed by atoms with Crippen molar-refractivity contribution >= 4 is 5.91 Å². The number of hydrogen-bond acceptors (Lipinski definition) is 5. The van der Waals surface area contributed by atoms with Crippen molar-refractivity contribution in [2.45, 2.75) is 39.2 Å². The Morgan fingerprint density at radius 3 is 2.52 bits per heavy atom. The maximum Gasteiger partial charge on any atom is 0.292 e. The molecule has 0 aromatic carbocycles. The zero-order valence-corrected chi connectivity index (χ0v) is 15.5. The Hall–Kier alpha value is -1.40. The van der Waals surface area contributed by atoms with Gasteiger partial charge in [-0.3, -0.25) is 9.69 Å². The van der Waals surface area contributed by atoms with Crippen molar-refractivity contribution in [3.8, 4) is 0 Å². The molecule has 1 amide bonds. The van der Waals surface area contributed by atoms with Crippen LogP contribution in [0.5, 0.6) is 0 Å². The monoisotopic (exact) mass is 346 g/mol. The maximum atomic E-state index is 12.7. The van der Waals surface area contributed by atoms with Gasteiger partial charge in [0.05, 0.1) is 5.69 Å². The van der Waals surface area contributed by atoms with E-state index in [9.17, 15) is 4.79 Å². The molecule has 1 aromatic rings. The molecule has 138 valence electrons. The second kappa shape index (κ2) is 7.08. The molecule has 5 heterocycles. The second-order valence-electron chi connectivity index (χ2n) is 8.31. The molecular formula is C19H30N4O2. The molecule has 0 N–H and O–H groups in total. The van der Waals surface area contributed by atoms with E-state index in [-0.39, 0.29) is 5.91 Å². The summed E-state index contributed by atoms with van der Waals surface area (Å²) in [5.74, 6) is 1.77. The van der Waals surface area contributed by atoms with E-state index >= 15 is 0 Å². The predicted octanol–water partition coefficient (Wildman–Crippen LogP) is 1.73. The highest BCUT2D eigenvalue weighted by Gasteiger charge is 2.38. The molecule has 4 aliphatic rings. The van der Waals surface area contributed by atoms with E-state index in [1.54, 1.807) is 0 Å². The van der Waals surface area contributed by atoms with Gasteiger partial charge in [-0.2, -0.15) is 0 Å². The minimum atomic E-state index is -0.00364. The Labute approximate surface area is 150 Å². The van der Waals surface area contributed by atoms with E-state index in [1.807, 2.05) is 11.0 Å². The summed E-state index contributed by atoms with van der Waals surface area (Å²) in [7, 11) is 0. The van der Waals surface area contributed by atoms with Crippen LogP contribution in [0.3, 0.4) is 0 Å². The van der Waals surface area contributed by atoms with Crippen molar-refractivity contribution in [1.82, 2.24) is 19.9 Å². The van der Waals surface area contributed by atoms with Crippen LogP contribution in [-0.4, -0.2) is 77.6 Å². The van der Waals surface area contributed by atoms with E-state index in [4.69, 9.17) is 4.52 Å². The van der Waals surface area contributed by atoms with Gasteiger partial charge in [0.25, 0.3) is 5.91 Å². The second-order valence-corrected chi connectivity index (χ2v) is 8.31. The molecule has 6 heteroatoms. The summed E-state index contributed by atoms with van der Waals surface area (Å²) in [6, 6.07) is 2.52. The summed E-state index contributed by atoms with van der Waals surface area (Å²) in [6.07, 6.45) is 3.55. The molecule has 0 aliphatic carbocycles. The van der Waals surface area contributed by atoms with Gasteiger partial charge in [0.1, 0.15) is 0 Å². The van der Waals surface area contributed by atoms with Gasteiger partial charge in [0.2, 0.25) is 5.76 Å². The van der Waals surface area contributed by atoms with E-state index in [0.717, 1.165) is 44.2 Å². The fourth-order valence-corrected chi connectivity index (χ4v) is 4.69. The first kappa shape index (κ1) is 17.0. The molecule has 4 fully saturated rings. The molecule has 1 aromatic heterocycles. The number of carbonyl (C=O) groups excluding carboxylic acids is 1. The highest BCUT2D eigenvalue weighted by molar-refractivity contribution is 5.91. The quantitative estimate of drug-likeness (QED) is 0.831. The number of carbonyl (C=O) groups is 1. The van der Waals surface area contributed by atoms with Crippen molar-refractivity contribution in [2.75, 3.05) is 45.8 Å². The van der Waals surface area contributed by atoms with Crippen molar-refractivity contribution in [3.63, 3.8) is 0 Å². The summed E-state index contributed by atoms with van der Waals surface area (Å²) in [4.78, 5) is 19.8. The van der Waals surface area contributed by atoms with Crippen LogP contribution in [-0.2, 0) is 6.42 Å². The minimum Gasteiger partial charge on any atom is -0.351 e. The Morgan fingerprint density at radius 2 is 1.92 bits per heavy atom. The number of piperidine rings is 3. The molecule has 4 saturated heterocycles. The normalized spacial score (nSPS) is 30.2. The van der Waals surface area contributed by atoms with E-state index < -0.39 is 0 Å². The molecule has 0 unspecified atom stereocenters. The van der Waals surface area contributed by atoms with Gasteiger partial charge >= 0.3 is 0 Å². The first-order valence-corrected chi connectivity index (χ1v) is 9.81. The number of hydrogen-bond donors (Lipinski definition) is 0. The largest absolute Gasteiger partial charge is 0.351 e. The Morgan fingerprint density at radius 1 is 1.20 bits per heavy atom. The Kier molecular flexibility index (Phi) is 4.82. The Bertz CT molecular complexity index is 598. The molecule has 4 aliphatic heterocycles. The van der Waals surface area contributed by atoms with Crippen LogP contribution < -0.4 is 0 Å². The van der Waals surface area contributed by atoms with E-state index in [1.165, 1.54) is 32.5 Å². The van der Waals surface area contributed by atoms with Crippen LogP contribution in [0.1, 0.15) is 42.9 Å². The molecule has 5 rings (SSSR count). The van der Waals surface area contributed by atoms with Crippen LogP contribution >= 0.6 is 0 Å². The number of rotatable bonds is 4. The summed E-state index contributed by atoms with van der Waals surface area (Å²) < 4.78 is 5.30. The Balaban J connectivity index is 1.32. The predicted molar refractivity (Wildman–Crippen MR) is 95.5 cm³/mol. The van der Waals surface area contributed by atoms with Gasteiger partial charge in [-0.1, -0.05) is 19.0 Å². The van der Waals surface area contributed by atoms with Gasteiger partial charge in [-0.15, -0.1) is 0 Å². The van der Waals surface area contributed by atoms with Gasteiger partial charge in [-0.05, 0) is 44.2 Å². The molecule has 0 radical (unpaired) electrons. The lowest BCUT2D eigenvalue weighted by atomic mass is 9.83. The molecule has 6 nitrogen and oxygen atoms in total. The third-order valence-electron chi connectivity index (χ3n) is 6.08. The lowest BCUT2D eigenvalue weighted by Crippen LogP contribution is -2.61. The summed E-state index contributed by atoms with van der Waals surface area (Å²) in [6.45, 7) is 11.6. The first-order chi connectivity index (χ1) is 12.1. The fraction of sp³-hybridized carbons (Fsp3) is 0.789. The highest BCUT2D eigenvalue weighted by atomic mass is 16.5. The van der Waals surface area contributed by atoms with Gasteiger partial charge < -0.3 is 14.3 Å². The highest BCUT2D eigenvalue weighted by Crippen LogP contribution is 2.31. The SMILES string of the molecule is CC(C)Cc1cc(C(=O)N2CCN([C@@H]3CN4CCC3CC4)CC2)on1. The number of piperazine rings is 1. The van der Waals surface area contributed by atoms with Crippen LogP contribution in [0.15, 0.2) is 10.6 Å². The zero-order valence-electron chi connectivity index (χ0n) is 15.5. The first-order valence-electron chi connectivity index (χ1n) is 9.81. The lowest BCUT2D eigenvalue weighted by molar-refractivity contribution is -0.0136. The van der Waals surface area contributed by atoms with Crippen LogP contribution in [0, 0.1) is 11.8 Å². The van der Waals surface area contributed by atoms with Gasteiger partial charge in [-0.25, -0.2) is 0 Å². The van der Waals surface area contributed by atoms with Crippen molar-refractivity contribution in [2.24, 2.45) is 11.8 Å². The molecule has 1 atom stereocenters. The minimum absolute atomic E-state index is 0.00364. The zero-order chi connectivity index (χ0) is 17.4. The summed E-state index contributed by atoms with van der Waals surface area (Å²) in [5.41, 5.74) is 0.879. The summed E-state index contributed by atoms with van der Waals surface area (Å²) >= 11 is 0. The average molecular weight is 346 g/mol.